The second-order valence-electron chi connectivity index (χ2n) is 4.68. The van der Waals surface area contributed by atoms with Gasteiger partial charge in [-0.1, -0.05) is 13.3 Å². The van der Waals surface area contributed by atoms with Gasteiger partial charge in [-0.15, -0.1) is 0 Å². The van der Waals surface area contributed by atoms with Crippen molar-refractivity contribution in [2.75, 3.05) is 6.54 Å². The summed E-state index contributed by atoms with van der Waals surface area (Å²) in [5.74, 6) is -0.392. The minimum atomic E-state index is -4.59. The average Bonchev–Trinajstić information content (AvgIpc) is 2.46. The Hall–Kier alpha value is -2.05. The summed E-state index contributed by atoms with van der Waals surface area (Å²) in [7, 11) is 0. The van der Waals surface area contributed by atoms with Crippen molar-refractivity contribution in [1.29, 1.82) is 5.41 Å². The highest BCUT2D eigenvalue weighted by molar-refractivity contribution is 5.81. The van der Waals surface area contributed by atoms with E-state index in [9.17, 15) is 18.0 Å². The van der Waals surface area contributed by atoms with Crippen LogP contribution in [0.25, 0.3) is 0 Å². The fourth-order valence-corrected chi connectivity index (χ4v) is 1.94. The molecule has 0 aliphatic rings. The lowest BCUT2D eigenvalue weighted by atomic mass is 10.1. The maximum Gasteiger partial charge on any atom is 0.417 e. The fourth-order valence-electron chi connectivity index (χ4n) is 1.94. The van der Waals surface area contributed by atoms with E-state index < -0.39 is 17.8 Å². The van der Waals surface area contributed by atoms with E-state index in [0.29, 0.717) is 25.6 Å². The minimum absolute atomic E-state index is 0.0392. The van der Waals surface area contributed by atoms with Gasteiger partial charge in [0, 0.05) is 18.3 Å². The topological polar surface area (TPSA) is 62.2 Å². The zero-order valence-corrected chi connectivity index (χ0v) is 12.5. The van der Waals surface area contributed by atoms with Crippen LogP contribution in [0.4, 0.5) is 13.2 Å². The largest absolute Gasteiger partial charge is 0.481 e. The van der Waals surface area contributed by atoms with E-state index in [1.165, 1.54) is 6.07 Å². The molecule has 4 nitrogen and oxygen atoms in total. The number of ether oxygens (including phenoxy) is 1. The third kappa shape index (κ3) is 4.75. The van der Waals surface area contributed by atoms with Gasteiger partial charge in [0.25, 0.3) is 5.91 Å². The second-order valence-corrected chi connectivity index (χ2v) is 4.68. The Morgan fingerprint density at radius 2 is 2.09 bits per heavy atom. The Morgan fingerprint density at radius 3 is 2.59 bits per heavy atom. The van der Waals surface area contributed by atoms with Crippen LogP contribution < -0.4 is 10.1 Å². The first kappa shape index (κ1) is 18.0. The molecule has 22 heavy (non-hydrogen) atoms. The molecule has 0 aromatic heterocycles. The molecule has 0 fully saturated rings. The summed E-state index contributed by atoms with van der Waals surface area (Å²) in [6, 6.07) is 3.31. The summed E-state index contributed by atoms with van der Waals surface area (Å²) in [5.41, 5.74) is -1.20. The zero-order valence-electron chi connectivity index (χ0n) is 12.5. The third-order valence-corrected chi connectivity index (χ3v) is 2.96. The van der Waals surface area contributed by atoms with Crippen LogP contribution in [-0.4, -0.2) is 24.8 Å². The van der Waals surface area contributed by atoms with Gasteiger partial charge in [-0.3, -0.25) is 4.79 Å². The van der Waals surface area contributed by atoms with E-state index in [1.807, 2.05) is 6.92 Å². The van der Waals surface area contributed by atoms with E-state index in [2.05, 4.69) is 5.32 Å². The van der Waals surface area contributed by atoms with Crippen LogP contribution in [0.15, 0.2) is 18.2 Å². The molecule has 0 aliphatic carbocycles. The first-order chi connectivity index (χ1) is 10.3. The molecule has 2 N–H and O–H groups in total. The molecule has 1 rings (SSSR count). The lowest BCUT2D eigenvalue weighted by Gasteiger charge is -2.19. The van der Waals surface area contributed by atoms with Crippen LogP contribution in [-0.2, 0) is 11.0 Å². The number of rotatable bonds is 7. The monoisotopic (exact) mass is 316 g/mol. The number of nitrogens with one attached hydrogen (secondary N) is 2. The van der Waals surface area contributed by atoms with Crippen molar-refractivity contribution >= 4 is 12.1 Å². The van der Waals surface area contributed by atoms with Crippen LogP contribution in [0.5, 0.6) is 5.75 Å². The normalized spacial score (nSPS) is 12.6. The van der Waals surface area contributed by atoms with E-state index in [1.54, 1.807) is 6.92 Å². The highest BCUT2D eigenvalue weighted by Gasteiger charge is 2.33. The van der Waals surface area contributed by atoms with Crippen LogP contribution in [0.3, 0.4) is 0 Å². The van der Waals surface area contributed by atoms with Crippen molar-refractivity contribution in [2.24, 2.45) is 0 Å². The molecule has 1 atom stereocenters. The molecule has 1 amide bonds. The Labute approximate surface area is 127 Å². The number of carbonyl (C=O) groups is 1. The van der Waals surface area contributed by atoms with Gasteiger partial charge >= 0.3 is 6.18 Å². The summed E-state index contributed by atoms with van der Waals surface area (Å²) in [6.07, 6.45) is -3.72. The number of benzene rings is 1. The second kappa shape index (κ2) is 7.82. The standard InChI is InChI=1S/C15H19F3N2O2/c1-3-5-13(14(21)20-4-2)22-11-7-6-10(9-19)12(8-11)15(16,17)18/h6-9,13,19H,3-5H2,1-2H3,(H,20,21). The molecule has 0 radical (unpaired) electrons. The summed E-state index contributed by atoms with van der Waals surface area (Å²) >= 11 is 0. The van der Waals surface area contributed by atoms with Gasteiger partial charge in [0.15, 0.2) is 6.10 Å². The molecular weight excluding hydrogens is 297 g/mol. The molecular formula is C15H19F3N2O2. The van der Waals surface area contributed by atoms with Crippen molar-refractivity contribution in [2.45, 2.75) is 39.0 Å². The van der Waals surface area contributed by atoms with Gasteiger partial charge < -0.3 is 15.5 Å². The van der Waals surface area contributed by atoms with Crippen LogP contribution in [0, 0.1) is 5.41 Å². The summed E-state index contributed by atoms with van der Waals surface area (Å²) in [4.78, 5) is 11.8. The average molecular weight is 316 g/mol. The smallest absolute Gasteiger partial charge is 0.417 e. The first-order valence-corrected chi connectivity index (χ1v) is 6.99. The summed E-state index contributed by atoms with van der Waals surface area (Å²) in [5, 5.41) is 9.63. The summed E-state index contributed by atoms with van der Waals surface area (Å²) in [6.45, 7) is 4.03. The highest BCUT2D eigenvalue weighted by Crippen LogP contribution is 2.34. The number of halogens is 3. The molecule has 1 unspecified atom stereocenters. The number of likely N-dealkylation sites (N-methyl/N-ethyl adjacent to an activating group) is 1. The molecule has 7 heteroatoms. The zero-order chi connectivity index (χ0) is 16.8. The highest BCUT2D eigenvalue weighted by atomic mass is 19.4. The van der Waals surface area contributed by atoms with Crippen LogP contribution in [0.2, 0.25) is 0 Å². The third-order valence-electron chi connectivity index (χ3n) is 2.96. The van der Waals surface area contributed by atoms with Crippen molar-refractivity contribution in [3.8, 4) is 5.75 Å². The maximum absolute atomic E-state index is 12.9. The molecule has 1 aromatic carbocycles. The van der Waals surface area contributed by atoms with Gasteiger partial charge in [0.1, 0.15) is 5.75 Å². The molecule has 1 aromatic rings. The Bertz CT molecular complexity index is 530. The first-order valence-electron chi connectivity index (χ1n) is 6.99. The Morgan fingerprint density at radius 1 is 1.41 bits per heavy atom. The molecule has 0 aliphatic heterocycles. The molecule has 0 saturated heterocycles. The van der Waals surface area contributed by atoms with Gasteiger partial charge in [0.05, 0.1) is 5.56 Å². The molecule has 0 heterocycles. The maximum atomic E-state index is 12.9. The van der Waals surface area contributed by atoms with E-state index >= 15 is 0 Å². The van der Waals surface area contributed by atoms with Gasteiger partial charge in [-0.25, -0.2) is 0 Å². The van der Waals surface area contributed by atoms with Crippen molar-refractivity contribution in [3.63, 3.8) is 0 Å². The number of hydrogen-bond donors (Lipinski definition) is 2. The predicted octanol–water partition coefficient (Wildman–Crippen LogP) is 3.39. The number of hydrogen-bond acceptors (Lipinski definition) is 3. The van der Waals surface area contributed by atoms with Crippen molar-refractivity contribution in [1.82, 2.24) is 5.32 Å². The predicted molar refractivity (Wildman–Crippen MR) is 77.3 cm³/mol. The van der Waals surface area contributed by atoms with E-state index in [0.717, 1.165) is 12.1 Å². The SMILES string of the molecule is CCCC(Oc1ccc(C=N)c(C(F)(F)F)c1)C(=O)NCC. The quantitative estimate of drug-likeness (QED) is 0.758. The molecule has 0 bridgehead atoms. The molecule has 0 saturated carbocycles. The van der Waals surface area contributed by atoms with E-state index in [-0.39, 0.29) is 17.2 Å². The van der Waals surface area contributed by atoms with Crippen molar-refractivity contribution < 1.29 is 22.7 Å². The lowest BCUT2D eigenvalue weighted by molar-refractivity contribution is -0.137. The Balaban J connectivity index is 3.05. The lowest BCUT2D eigenvalue weighted by Crippen LogP contribution is -2.38. The van der Waals surface area contributed by atoms with Gasteiger partial charge in [0.2, 0.25) is 0 Å². The van der Waals surface area contributed by atoms with Crippen molar-refractivity contribution in [3.05, 3.63) is 29.3 Å². The van der Waals surface area contributed by atoms with Gasteiger partial charge in [-0.05, 0) is 31.5 Å². The molecule has 0 spiro atoms. The fraction of sp³-hybridized carbons (Fsp3) is 0.467. The minimum Gasteiger partial charge on any atom is -0.481 e. The van der Waals surface area contributed by atoms with E-state index in [4.69, 9.17) is 10.1 Å². The number of amides is 1. The van der Waals surface area contributed by atoms with Gasteiger partial charge in [-0.2, -0.15) is 13.2 Å². The van der Waals surface area contributed by atoms with Crippen LogP contribution >= 0.6 is 0 Å². The Kier molecular flexibility index (Phi) is 6.39. The number of alkyl halides is 3. The number of carbonyl (C=O) groups excluding carboxylic acids is 1. The van der Waals surface area contributed by atoms with Crippen LogP contribution in [0.1, 0.15) is 37.8 Å². The molecule has 122 valence electrons. The summed E-state index contributed by atoms with van der Waals surface area (Å²) < 4.78 is 44.2.